The van der Waals surface area contributed by atoms with Gasteiger partial charge in [-0.1, -0.05) is 18.9 Å². The van der Waals surface area contributed by atoms with Crippen molar-refractivity contribution in [3.63, 3.8) is 0 Å². The van der Waals surface area contributed by atoms with E-state index in [-0.39, 0.29) is 24.0 Å². The Morgan fingerprint density at radius 3 is 2.89 bits per heavy atom. The Labute approximate surface area is 130 Å². The molecule has 0 aliphatic heterocycles. The van der Waals surface area contributed by atoms with E-state index in [1.807, 2.05) is 7.05 Å². The fourth-order valence-electron chi connectivity index (χ4n) is 1.81. The molecule has 1 heterocycles. The van der Waals surface area contributed by atoms with Gasteiger partial charge in [-0.2, -0.15) is 0 Å². The molecule has 1 saturated carbocycles. The van der Waals surface area contributed by atoms with Gasteiger partial charge in [-0.15, -0.1) is 35.3 Å². The van der Waals surface area contributed by atoms with E-state index >= 15 is 0 Å². The summed E-state index contributed by atoms with van der Waals surface area (Å²) < 4.78 is 0. The molecule has 0 aromatic carbocycles. The predicted molar refractivity (Wildman–Crippen MR) is 89.9 cm³/mol. The van der Waals surface area contributed by atoms with Crippen LogP contribution in [0.25, 0.3) is 0 Å². The van der Waals surface area contributed by atoms with Crippen molar-refractivity contribution in [2.45, 2.75) is 32.2 Å². The number of thiophene rings is 1. The van der Waals surface area contributed by atoms with Crippen molar-refractivity contribution in [3.8, 4) is 0 Å². The Bertz CT molecular complexity index is 347. The Hall–Kier alpha value is -0.300. The standard InChI is InChI=1S/C13H21N3S.HI/c1-14-13(15-8-2-4-11-6-7-11)16-10-12-5-3-9-17-12;/h3,5,9,11H,2,4,6-8,10H2,1H3,(H2,14,15,16);1H. The zero-order valence-corrected chi connectivity index (χ0v) is 14.0. The molecule has 1 aliphatic carbocycles. The molecule has 0 atom stereocenters. The maximum absolute atomic E-state index is 4.22. The maximum atomic E-state index is 4.22. The molecule has 1 aromatic heterocycles. The fourth-order valence-corrected chi connectivity index (χ4v) is 2.45. The van der Waals surface area contributed by atoms with Crippen molar-refractivity contribution in [2.24, 2.45) is 10.9 Å². The first-order valence-corrected chi connectivity index (χ1v) is 7.23. The van der Waals surface area contributed by atoms with Crippen LogP contribution in [0.4, 0.5) is 0 Å². The third-order valence-electron chi connectivity index (χ3n) is 3.01. The smallest absolute Gasteiger partial charge is 0.191 e. The molecular formula is C13H22IN3S. The van der Waals surface area contributed by atoms with E-state index in [1.165, 1.54) is 30.6 Å². The van der Waals surface area contributed by atoms with Gasteiger partial charge in [0, 0.05) is 18.5 Å². The maximum Gasteiger partial charge on any atom is 0.191 e. The van der Waals surface area contributed by atoms with E-state index in [9.17, 15) is 0 Å². The van der Waals surface area contributed by atoms with Gasteiger partial charge in [-0.3, -0.25) is 4.99 Å². The van der Waals surface area contributed by atoms with Crippen LogP contribution in [0.15, 0.2) is 22.5 Å². The van der Waals surface area contributed by atoms with Gasteiger partial charge < -0.3 is 10.6 Å². The largest absolute Gasteiger partial charge is 0.356 e. The summed E-state index contributed by atoms with van der Waals surface area (Å²) in [5, 5.41) is 8.78. The van der Waals surface area contributed by atoms with Crippen LogP contribution in [0.5, 0.6) is 0 Å². The Morgan fingerprint density at radius 2 is 2.28 bits per heavy atom. The number of aliphatic imine (C=N–C) groups is 1. The summed E-state index contributed by atoms with van der Waals surface area (Å²) in [5.74, 6) is 1.94. The molecule has 1 aliphatic rings. The summed E-state index contributed by atoms with van der Waals surface area (Å²) in [6.45, 7) is 1.89. The first kappa shape index (κ1) is 15.8. The van der Waals surface area contributed by atoms with Gasteiger partial charge in [-0.25, -0.2) is 0 Å². The zero-order chi connectivity index (χ0) is 11.9. The molecule has 2 N–H and O–H groups in total. The van der Waals surface area contributed by atoms with E-state index < -0.39 is 0 Å². The number of hydrogen-bond donors (Lipinski definition) is 2. The molecule has 0 amide bonds. The van der Waals surface area contributed by atoms with Crippen molar-refractivity contribution in [2.75, 3.05) is 13.6 Å². The lowest BCUT2D eigenvalue weighted by Crippen LogP contribution is -2.37. The molecule has 1 aromatic rings. The number of hydrogen-bond acceptors (Lipinski definition) is 2. The molecule has 5 heteroatoms. The molecule has 102 valence electrons. The first-order valence-electron chi connectivity index (χ1n) is 6.35. The van der Waals surface area contributed by atoms with Gasteiger partial charge in [0.15, 0.2) is 5.96 Å². The first-order chi connectivity index (χ1) is 8.38. The van der Waals surface area contributed by atoms with Crippen LogP contribution in [0.1, 0.15) is 30.6 Å². The molecule has 0 saturated heterocycles. The third-order valence-corrected chi connectivity index (χ3v) is 3.89. The second kappa shape index (κ2) is 8.74. The monoisotopic (exact) mass is 379 g/mol. The lowest BCUT2D eigenvalue weighted by Gasteiger charge is -2.10. The average molecular weight is 379 g/mol. The molecule has 0 spiro atoms. The van der Waals surface area contributed by atoms with E-state index in [1.54, 1.807) is 11.3 Å². The van der Waals surface area contributed by atoms with E-state index in [2.05, 4.69) is 33.1 Å². The number of nitrogens with zero attached hydrogens (tertiary/aromatic N) is 1. The van der Waals surface area contributed by atoms with Gasteiger partial charge in [0.05, 0.1) is 6.54 Å². The van der Waals surface area contributed by atoms with Crippen molar-refractivity contribution in [1.29, 1.82) is 0 Å². The molecule has 0 unspecified atom stereocenters. The van der Waals surface area contributed by atoms with Crippen LogP contribution in [-0.4, -0.2) is 19.6 Å². The number of halogens is 1. The minimum Gasteiger partial charge on any atom is -0.356 e. The molecule has 18 heavy (non-hydrogen) atoms. The minimum absolute atomic E-state index is 0. The zero-order valence-electron chi connectivity index (χ0n) is 10.8. The van der Waals surface area contributed by atoms with Crippen LogP contribution in [-0.2, 0) is 6.54 Å². The predicted octanol–water partition coefficient (Wildman–Crippen LogP) is 3.22. The summed E-state index contributed by atoms with van der Waals surface area (Å²) in [4.78, 5) is 5.56. The van der Waals surface area contributed by atoms with Crippen LogP contribution in [0, 0.1) is 5.92 Å². The highest BCUT2D eigenvalue weighted by molar-refractivity contribution is 14.0. The molecule has 0 radical (unpaired) electrons. The molecule has 0 bridgehead atoms. The minimum atomic E-state index is 0. The van der Waals surface area contributed by atoms with E-state index in [4.69, 9.17) is 0 Å². The van der Waals surface area contributed by atoms with Crippen LogP contribution in [0.3, 0.4) is 0 Å². The molecule has 1 fully saturated rings. The van der Waals surface area contributed by atoms with Crippen molar-refractivity contribution in [1.82, 2.24) is 10.6 Å². The highest BCUT2D eigenvalue weighted by Gasteiger charge is 2.19. The Morgan fingerprint density at radius 1 is 1.44 bits per heavy atom. The Balaban J connectivity index is 0.00000162. The summed E-state index contributed by atoms with van der Waals surface area (Å²) in [6.07, 6.45) is 5.52. The Kier molecular flexibility index (Phi) is 7.65. The quantitative estimate of drug-likeness (QED) is 0.345. The topological polar surface area (TPSA) is 36.4 Å². The van der Waals surface area contributed by atoms with Crippen LogP contribution in [0.2, 0.25) is 0 Å². The van der Waals surface area contributed by atoms with Crippen molar-refractivity contribution < 1.29 is 0 Å². The average Bonchev–Trinajstić information content (AvgIpc) is 3.02. The van der Waals surface area contributed by atoms with Crippen LogP contribution >= 0.6 is 35.3 Å². The second-order valence-electron chi connectivity index (χ2n) is 4.52. The summed E-state index contributed by atoms with van der Waals surface area (Å²) >= 11 is 1.77. The molecule has 3 nitrogen and oxygen atoms in total. The third kappa shape index (κ3) is 6.04. The lowest BCUT2D eigenvalue weighted by atomic mass is 10.2. The highest BCUT2D eigenvalue weighted by atomic mass is 127. The van der Waals surface area contributed by atoms with Gasteiger partial charge in [0.1, 0.15) is 0 Å². The highest BCUT2D eigenvalue weighted by Crippen LogP contribution is 2.33. The summed E-state index contributed by atoms with van der Waals surface area (Å²) in [7, 11) is 1.82. The number of rotatable bonds is 6. The molecular weight excluding hydrogens is 357 g/mol. The van der Waals surface area contributed by atoms with Crippen LogP contribution < -0.4 is 10.6 Å². The van der Waals surface area contributed by atoms with Gasteiger partial charge in [0.2, 0.25) is 0 Å². The van der Waals surface area contributed by atoms with E-state index in [0.29, 0.717) is 0 Å². The SMILES string of the molecule is CN=C(NCCCC1CC1)NCc1cccs1.I. The number of guanidine groups is 1. The second-order valence-corrected chi connectivity index (χ2v) is 5.55. The molecule has 2 rings (SSSR count). The van der Waals surface area contributed by atoms with Gasteiger partial charge >= 0.3 is 0 Å². The fraction of sp³-hybridized carbons (Fsp3) is 0.615. The van der Waals surface area contributed by atoms with Gasteiger partial charge in [0.25, 0.3) is 0 Å². The lowest BCUT2D eigenvalue weighted by molar-refractivity contribution is 0.645. The summed E-state index contributed by atoms with van der Waals surface area (Å²) in [6, 6.07) is 4.21. The normalized spacial score (nSPS) is 15.1. The summed E-state index contributed by atoms with van der Waals surface area (Å²) in [5.41, 5.74) is 0. The number of nitrogens with one attached hydrogen (secondary N) is 2. The van der Waals surface area contributed by atoms with Gasteiger partial charge in [-0.05, 0) is 30.2 Å². The van der Waals surface area contributed by atoms with Crippen molar-refractivity contribution in [3.05, 3.63) is 22.4 Å². The van der Waals surface area contributed by atoms with E-state index in [0.717, 1.165) is 25.0 Å². The van der Waals surface area contributed by atoms with Crippen molar-refractivity contribution >= 4 is 41.3 Å².